The van der Waals surface area contributed by atoms with Crippen LogP contribution in [0.2, 0.25) is 5.02 Å². The zero-order valence-corrected chi connectivity index (χ0v) is 83.9. The number of guanidine groups is 3. The molecule has 12 aromatic rings. The highest BCUT2D eigenvalue weighted by Crippen LogP contribution is 2.53. The number of likely N-dealkylation sites (tertiary alicyclic amines) is 2. The number of thioether (sulfide) groups is 1. The van der Waals surface area contributed by atoms with E-state index >= 15 is 4.39 Å². The third-order valence-electron chi connectivity index (χ3n) is 24.1. The number of thiophene rings is 5. The first-order valence-electron chi connectivity index (χ1n) is 43.2. The first-order valence-corrected chi connectivity index (χ1v) is 48.9. The number of fused-ring (bicyclic) bond motifs is 1. The van der Waals surface area contributed by atoms with Gasteiger partial charge in [-0.25, -0.2) is 24.4 Å². The quantitative estimate of drug-likeness (QED) is 0.0669. The predicted octanol–water partition coefficient (Wildman–Crippen LogP) is 18.1. The van der Waals surface area contributed by atoms with Crippen molar-refractivity contribution in [2.75, 3.05) is 42.0 Å². The second-order valence-electron chi connectivity index (χ2n) is 34.1. The van der Waals surface area contributed by atoms with Gasteiger partial charge in [-0.2, -0.15) is 0 Å². The normalized spacial score (nSPS) is 20.7. The molecule has 8 N–H and O–H groups in total. The largest absolute Gasteiger partial charge is 0.454 e. The number of amides is 5. The van der Waals surface area contributed by atoms with Gasteiger partial charge in [0.2, 0.25) is 36.3 Å². The summed E-state index contributed by atoms with van der Waals surface area (Å²) in [6, 6.07) is 29.8. The second kappa shape index (κ2) is 42.1. The number of nitrogens with one attached hydrogen (secondary N) is 2. The van der Waals surface area contributed by atoms with Crippen LogP contribution in [0.1, 0.15) is 165 Å². The molecule has 0 saturated carbocycles. The molecule has 138 heavy (non-hydrogen) atoms. The molecule has 26 nitrogen and oxygen atoms in total. The molecule has 16 heterocycles. The zero-order chi connectivity index (χ0) is 98.9. The first-order chi connectivity index (χ1) is 66.0. The highest BCUT2D eigenvalue weighted by Gasteiger charge is 2.52. The molecular formula is C104H97ClFN19O7S6. The van der Waals surface area contributed by atoms with E-state index < -0.39 is 39.2 Å². The van der Waals surface area contributed by atoms with Gasteiger partial charge in [0, 0.05) is 205 Å². The summed E-state index contributed by atoms with van der Waals surface area (Å²) < 4.78 is 26.2. The van der Waals surface area contributed by atoms with Gasteiger partial charge in [-0.15, -0.1) is 92.1 Å². The highest BCUT2D eigenvalue weighted by molar-refractivity contribution is 8.00. The van der Waals surface area contributed by atoms with Crippen molar-refractivity contribution in [2.24, 2.45) is 32.2 Å². The summed E-state index contributed by atoms with van der Waals surface area (Å²) in [5.74, 6) is 30.5. The van der Waals surface area contributed by atoms with E-state index in [-0.39, 0.29) is 78.7 Å². The molecule has 2 fully saturated rings. The summed E-state index contributed by atoms with van der Waals surface area (Å²) in [6.07, 6.45) is 18.7. The highest BCUT2D eigenvalue weighted by atomic mass is 35.5. The number of nitrogens with zero attached hydrogens (tertiary/aromatic N) is 14. The molecular weight excluding hydrogens is 1870 g/mol. The maximum atomic E-state index is 15.1. The van der Waals surface area contributed by atoms with E-state index in [9.17, 15) is 24.0 Å². The fourth-order valence-corrected chi connectivity index (χ4v) is 23.7. The van der Waals surface area contributed by atoms with Gasteiger partial charge in [0.05, 0.1) is 63.3 Å². The molecule has 2 aromatic carbocycles. The number of amidine groups is 2. The van der Waals surface area contributed by atoms with Crippen molar-refractivity contribution in [1.82, 2.24) is 54.4 Å². The Morgan fingerprint density at radius 1 is 0.442 bits per heavy atom. The number of benzene rings is 2. The van der Waals surface area contributed by atoms with Crippen LogP contribution >= 0.6 is 80.0 Å². The summed E-state index contributed by atoms with van der Waals surface area (Å²) in [6.45, 7) is 18.8. The molecule has 0 spiro atoms. The molecule has 18 rings (SSSR count). The van der Waals surface area contributed by atoms with Crippen molar-refractivity contribution < 1.29 is 37.8 Å². The molecule has 6 aliphatic heterocycles. The summed E-state index contributed by atoms with van der Waals surface area (Å²) in [4.78, 5) is 115. The lowest BCUT2D eigenvalue weighted by Gasteiger charge is -2.44. The Kier molecular flexibility index (Phi) is 30.4. The molecule has 0 aliphatic carbocycles. The molecule has 2 unspecified atom stereocenters. The summed E-state index contributed by atoms with van der Waals surface area (Å²) in [7, 11) is 8.19. The lowest BCUT2D eigenvalue weighted by Crippen LogP contribution is -2.55. The van der Waals surface area contributed by atoms with Gasteiger partial charge in [0.25, 0.3) is 0 Å². The fraction of sp³-hybridized carbons (Fsp3) is 0.269. The average molecular weight is 1970 g/mol. The van der Waals surface area contributed by atoms with Crippen molar-refractivity contribution in [1.29, 1.82) is 10.8 Å². The molecule has 0 radical (unpaired) electrons. The van der Waals surface area contributed by atoms with Gasteiger partial charge in [-0.1, -0.05) is 79.3 Å². The number of rotatable bonds is 13. The number of ether oxygens (including phenoxy) is 2. The van der Waals surface area contributed by atoms with Gasteiger partial charge in [0.15, 0.2) is 29.4 Å². The maximum absolute atomic E-state index is 15.1. The average Bonchev–Trinajstić information content (AvgIpc) is 1.34. The minimum absolute atomic E-state index is 0.0237. The molecule has 700 valence electrons. The van der Waals surface area contributed by atoms with Crippen LogP contribution in [0.5, 0.6) is 11.5 Å². The third kappa shape index (κ3) is 21.3. The molecule has 5 amide bonds. The van der Waals surface area contributed by atoms with Crippen LogP contribution in [0.4, 0.5) is 4.39 Å². The molecule has 10 aromatic heterocycles. The number of halogens is 2. The SMILES string of the molecule is CC#Cc1cncc(-c2csc([C@@]3(C)CC(=N)N(C)C(=O)C3Sc3ccccc3)c2)c1.CC#Cc1cncc(-c2csc([C@@]3(C)CC(=N)N(C)C(=O)C3c3ccc4c(c3)OCO4)c2)c1.CC#Cc1cncc(-c2csc([C@]3(C)CC(=O)N(C)C(N)=N3)c2)n1.CC#Cc1cncc(-c2csc([C@]3(C)CC(=O)N(C)C(N)=N3)c2Cl)c1.CC#Cc1cncc(-c2csc([C@]3(C)CC(=O)N(C)C(N)=N3)c2F)c1. The number of carbonyl (C=O) groups excluding carboxylic acids is 5. The van der Waals surface area contributed by atoms with E-state index in [1.165, 1.54) is 58.5 Å². The monoisotopic (exact) mass is 1970 g/mol. The Balaban J connectivity index is 0.000000139. The topological polar surface area (TPSA) is 360 Å². The van der Waals surface area contributed by atoms with E-state index in [2.05, 4.69) is 141 Å². The van der Waals surface area contributed by atoms with Crippen LogP contribution in [-0.4, -0.2) is 161 Å². The van der Waals surface area contributed by atoms with Crippen molar-refractivity contribution in [3.63, 3.8) is 0 Å². The zero-order valence-electron chi connectivity index (χ0n) is 78.3. The number of nitrogens with two attached hydrogens (primary N) is 3. The van der Waals surface area contributed by atoms with Crippen LogP contribution in [0, 0.1) is 75.8 Å². The van der Waals surface area contributed by atoms with Gasteiger partial charge in [-0.05, 0) is 155 Å². The molecule has 34 heteroatoms. The van der Waals surface area contributed by atoms with E-state index in [0.29, 0.717) is 62.7 Å². The first kappa shape index (κ1) is 99.7. The summed E-state index contributed by atoms with van der Waals surface area (Å²) >= 11 is 15.7. The van der Waals surface area contributed by atoms with Crippen LogP contribution in [0.15, 0.2) is 200 Å². The Hall–Kier alpha value is -14.3. The lowest BCUT2D eigenvalue weighted by molar-refractivity contribution is -0.131. The number of aromatic nitrogens is 6. The van der Waals surface area contributed by atoms with Gasteiger partial charge >= 0.3 is 0 Å². The van der Waals surface area contributed by atoms with Crippen LogP contribution < -0.4 is 26.7 Å². The number of hydrogen-bond donors (Lipinski definition) is 5. The Morgan fingerprint density at radius 3 is 1.40 bits per heavy atom. The lowest BCUT2D eigenvalue weighted by atomic mass is 9.67. The predicted molar refractivity (Wildman–Crippen MR) is 549 cm³/mol. The number of pyridine rings is 4. The van der Waals surface area contributed by atoms with E-state index in [1.807, 2.05) is 117 Å². The van der Waals surface area contributed by atoms with Crippen LogP contribution in [-0.2, 0) is 51.4 Å². The van der Waals surface area contributed by atoms with Crippen molar-refractivity contribution in [3.8, 4) is 126 Å². The minimum Gasteiger partial charge on any atom is -0.454 e. The van der Waals surface area contributed by atoms with Crippen LogP contribution in [0.25, 0.3) is 55.8 Å². The Morgan fingerprint density at radius 2 is 0.870 bits per heavy atom. The van der Waals surface area contributed by atoms with E-state index in [1.54, 1.807) is 165 Å². The number of piperidine rings is 2. The Bertz CT molecular complexity index is 7120. The van der Waals surface area contributed by atoms with Crippen molar-refractivity contribution in [3.05, 3.63) is 249 Å². The molecule has 7 atom stereocenters. The smallest absolute Gasteiger partial charge is 0.242 e. The Labute approximate surface area is 830 Å². The second-order valence-corrected chi connectivity index (χ2v) is 40.1. The minimum atomic E-state index is -1.01. The van der Waals surface area contributed by atoms with Gasteiger partial charge in [0.1, 0.15) is 39.8 Å². The maximum Gasteiger partial charge on any atom is 0.242 e. The standard InChI is InChI=1S/C26H23N3O3S.C25H23N3OS2.C18H17ClN4OS.C18H17FN4OS.C17H17N5OS/c1-4-5-16-8-18(13-28-12-16)19-10-22(33-14-19)26(2)11-23(27)29(3)25(30)24(26)17-6-7-20-21(9-17)32-15-31-20;1-4-8-17-11-18(15-27-14-17)19-12-21(30-16-19)25(2)13-22(26)28(3)24(29)23(25)31-20-9-6-5-7-10-20;2*1-4-5-11-6-12(9-21-8-11)13-10-25-16(15(13)19)18(2)7-14(24)23(3)17(20)22-18;1-4-5-12-8-19-9-13(20-12)11-6-14(24-10-11)17(2)7-15(23)22(3)16(18)21-17/h6-10,12-14,24,27H,11,15H2,1-3H3;5-7,9-12,14-16,23,26H,13H2,1-3H3;2*6,8-10H,7H2,1-3H3,(H2,20,22);6,8-10H,7H2,1-3H3,(H2,18,21)/t24?,26-;23?,25-;2*18-;17-/m11000/s1. The van der Waals surface area contributed by atoms with E-state index in [0.717, 1.165) is 96.9 Å². The number of carbonyl (C=O) groups is 5. The molecule has 6 aliphatic rings. The number of aliphatic imine (C=N–C) groups is 3. The van der Waals surface area contributed by atoms with E-state index in [4.69, 9.17) is 49.1 Å². The van der Waals surface area contributed by atoms with Crippen molar-refractivity contribution in [2.45, 2.75) is 145 Å². The molecule has 2 saturated heterocycles. The summed E-state index contributed by atoms with van der Waals surface area (Å²) in [5, 5.41) is 27.0. The fourth-order valence-electron chi connectivity index (χ4n) is 16.3. The third-order valence-corrected chi connectivity index (χ3v) is 32.1. The molecule has 0 bridgehead atoms. The van der Waals surface area contributed by atoms with Crippen molar-refractivity contribution >= 4 is 139 Å². The van der Waals surface area contributed by atoms with Crippen LogP contribution in [0.3, 0.4) is 0 Å². The number of likely N-dealkylation sites (N-methyl/N-ethyl adjacent to an activating group) is 1. The van der Waals surface area contributed by atoms with Gasteiger partial charge < -0.3 is 36.5 Å². The van der Waals surface area contributed by atoms with Gasteiger partial charge in [-0.3, -0.25) is 74.4 Å². The summed E-state index contributed by atoms with van der Waals surface area (Å²) in [5.41, 5.74) is 27.5. The number of hydrogen-bond acceptors (Lipinski definition) is 27.